The lowest BCUT2D eigenvalue weighted by Crippen LogP contribution is -2.05. The fourth-order valence-corrected chi connectivity index (χ4v) is 1.77. The summed E-state index contributed by atoms with van der Waals surface area (Å²) in [5.41, 5.74) is 1.44. The van der Waals surface area contributed by atoms with E-state index in [0.29, 0.717) is 29.3 Å². The highest BCUT2D eigenvalue weighted by molar-refractivity contribution is 7.71. The number of imidazole rings is 1. The fraction of sp³-hybridized carbons (Fsp3) is 0.444. The quantitative estimate of drug-likeness (QED) is 0.812. The van der Waals surface area contributed by atoms with Gasteiger partial charge in [0.2, 0.25) is 5.88 Å². The number of fused-ring (bicyclic) bond motifs is 1. The van der Waals surface area contributed by atoms with Crippen molar-refractivity contribution < 1.29 is 9.47 Å². The number of hydrogen-bond acceptors (Lipinski definition) is 5. The third-order valence-electron chi connectivity index (χ3n) is 2.24. The molecule has 16 heavy (non-hydrogen) atoms. The molecule has 0 bridgehead atoms. The maximum Gasteiger partial charge on any atom is 0.242 e. The Morgan fingerprint density at radius 3 is 2.94 bits per heavy atom. The van der Waals surface area contributed by atoms with Crippen LogP contribution < -0.4 is 4.74 Å². The van der Waals surface area contributed by atoms with E-state index in [4.69, 9.17) is 21.7 Å². The summed E-state index contributed by atoms with van der Waals surface area (Å²) in [5.74, 6) is 0.493. The number of H-pyrrole nitrogens is 1. The van der Waals surface area contributed by atoms with E-state index in [1.54, 1.807) is 14.2 Å². The van der Waals surface area contributed by atoms with Gasteiger partial charge in [-0.3, -0.25) is 4.57 Å². The van der Waals surface area contributed by atoms with Gasteiger partial charge in [0.15, 0.2) is 10.4 Å². The average molecular weight is 240 g/mol. The average Bonchev–Trinajstić information content (AvgIpc) is 2.62. The molecule has 0 aromatic carbocycles. The van der Waals surface area contributed by atoms with E-state index in [-0.39, 0.29) is 0 Å². The molecule has 7 heteroatoms. The van der Waals surface area contributed by atoms with Crippen molar-refractivity contribution in [2.45, 2.75) is 6.54 Å². The summed E-state index contributed by atoms with van der Waals surface area (Å²) in [7, 11) is 3.21. The minimum Gasteiger partial charge on any atom is -0.479 e. The molecule has 2 heterocycles. The predicted molar refractivity (Wildman–Crippen MR) is 61.1 cm³/mol. The molecule has 0 radical (unpaired) electrons. The van der Waals surface area contributed by atoms with Crippen LogP contribution in [0, 0.1) is 4.77 Å². The fourth-order valence-electron chi connectivity index (χ4n) is 1.49. The zero-order chi connectivity index (χ0) is 11.5. The van der Waals surface area contributed by atoms with Crippen LogP contribution in [0.5, 0.6) is 5.88 Å². The van der Waals surface area contributed by atoms with Crippen molar-refractivity contribution in [3.8, 4) is 5.88 Å². The Bertz CT molecular complexity index is 548. The molecule has 2 aromatic heterocycles. The van der Waals surface area contributed by atoms with Crippen LogP contribution in [-0.4, -0.2) is 40.3 Å². The van der Waals surface area contributed by atoms with Crippen molar-refractivity contribution in [3.05, 3.63) is 11.1 Å². The van der Waals surface area contributed by atoms with Gasteiger partial charge in [0, 0.05) is 7.11 Å². The lowest BCUT2D eigenvalue weighted by Gasteiger charge is -2.02. The van der Waals surface area contributed by atoms with Crippen LogP contribution in [-0.2, 0) is 11.3 Å². The summed E-state index contributed by atoms with van der Waals surface area (Å²) in [6.45, 7) is 1.23. The molecular formula is C9H12N4O2S. The molecule has 0 unspecified atom stereocenters. The molecule has 86 valence electrons. The number of rotatable bonds is 4. The van der Waals surface area contributed by atoms with E-state index in [9.17, 15) is 0 Å². The van der Waals surface area contributed by atoms with E-state index in [0.717, 1.165) is 5.65 Å². The second-order valence-corrected chi connectivity index (χ2v) is 3.54. The van der Waals surface area contributed by atoms with Crippen LogP contribution in [0.15, 0.2) is 6.33 Å². The first-order chi connectivity index (χ1) is 7.77. The topological polar surface area (TPSA) is 65.0 Å². The maximum atomic E-state index is 5.20. The normalized spacial score (nSPS) is 10.9. The van der Waals surface area contributed by atoms with Gasteiger partial charge >= 0.3 is 0 Å². The first-order valence-corrected chi connectivity index (χ1v) is 5.15. The van der Waals surface area contributed by atoms with Crippen molar-refractivity contribution in [1.29, 1.82) is 0 Å². The van der Waals surface area contributed by atoms with Crippen molar-refractivity contribution in [2.75, 3.05) is 20.8 Å². The van der Waals surface area contributed by atoms with E-state index >= 15 is 0 Å². The Hall–Kier alpha value is -1.47. The van der Waals surface area contributed by atoms with Crippen LogP contribution in [0.3, 0.4) is 0 Å². The zero-order valence-electron chi connectivity index (χ0n) is 9.06. The van der Waals surface area contributed by atoms with Gasteiger partial charge in [-0.25, -0.2) is 4.98 Å². The Balaban J connectivity index is 2.57. The van der Waals surface area contributed by atoms with Crippen LogP contribution >= 0.6 is 12.2 Å². The predicted octanol–water partition coefficient (Wildman–Crippen LogP) is 1.14. The number of ether oxygens (including phenoxy) is 2. The minimum absolute atomic E-state index is 0.493. The second kappa shape index (κ2) is 4.58. The maximum absolute atomic E-state index is 5.20. The Labute approximate surface area is 97.2 Å². The Morgan fingerprint density at radius 2 is 2.25 bits per heavy atom. The lowest BCUT2D eigenvalue weighted by molar-refractivity contribution is 0.188. The second-order valence-electron chi connectivity index (χ2n) is 3.16. The molecule has 0 aliphatic carbocycles. The van der Waals surface area contributed by atoms with Gasteiger partial charge in [-0.2, -0.15) is 4.98 Å². The molecule has 0 saturated carbocycles. The van der Waals surface area contributed by atoms with Crippen molar-refractivity contribution in [1.82, 2.24) is 19.5 Å². The SMILES string of the molecule is COCCn1c(=S)[nH]c2c(OC)ncnc21. The van der Waals surface area contributed by atoms with Gasteiger partial charge < -0.3 is 14.5 Å². The molecule has 2 aromatic rings. The van der Waals surface area contributed by atoms with Gasteiger partial charge in [-0.1, -0.05) is 0 Å². The molecule has 2 rings (SSSR count). The number of nitrogens with one attached hydrogen (secondary N) is 1. The van der Waals surface area contributed by atoms with Gasteiger partial charge in [0.1, 0.15) is 11.8 Å². The zero-order valence-corrected chi connectivity index (χ0v) is 9.87. The first-order valence-electron chi connectivity index (χ1n) is 4.74. The monoisotopic (exact) mass is 240 g/mol. The molecule has 0 amide bonds. The van der Waals surface area contributed by atoms with Crippen molar-refractivity contribution in [2.24, 2.45) is 0 Å². The van der Waals surface area contributed by atoms with Gasteiger partial charge in [-0.15, -0.1) is 0 Å². The minimum atomic E-state index is 0.493. The van der Waals surface area contributed by atoms with Gasteiger partial charge in [0.05, 0.1) is 20.3 Å². The molecule has 0 aliphatic rings. The summed E-state index contributed by atoms with van der Waals surface area (Å²) < 4.78 is 12.6. The standard InChI is InChI=1S/C9H12N4O2S/c1-14-4-3-13-7-6(12-9(13)16)8(15-2)11-5-10-7/h5H,3-4H2,1-2H3,(H,12,16). The highest BCUT2D eigenvalue weighted by Crippen LogP contribution is 2.19. The summed E-state index contributed by atoms with van der Waals surface area (Å²) >= 11 is 5.20. The van der Waals surface area contributed by atoms with E-state index in [2.05, 4.69) is 15.0 Å². The lowest BCUT2D eigenvalue weighted by atomic mass is 10.5. The molecule has 0 saturated heterocycles. The van der Waals surface area contributed by atoms with E-state index in [1.807, 2.05) is 4.57 Å². The summed E-state index contributed by atoms with van der Waals surface area (Å²) in [6.07, 6.45) is 1.45. The van der Waals surface area contributed by atoms with Crippen LogP contribution in [0.1, 0.15) is 0 Å². The number of methoxy groups -OCH3 is 2. The molecule has 0 atom stereocenters. The van der Waals surface area contributed by atoms with Gasteiger partial charge in [0.25, 0.3) is 0 Å². The van der Waals surface area contributed by atoms with E-state index < -0.39 is 0 Å². The highest BCUT2D eigenvalue weighted by atomic mass is 32.1. The smallest absolute Gasteiger partial charge is 0.242 e. The number of nitrogens with zero attached hydrogens (tertiary/aromatic N) is 3. The van der Waals surface area contributed by atoms with Crippen LogP contribution in [0.2, 0.25) is 0 Å². The Kier molecular flexibility index (Phi) is 3.16. The van der Waals surface area contributed by atoms with Crippen molar-refractivity contribution >= 4 is 23.4 Å². The van der Waals surface area contributed by atoms with Crippen molar-refractivity contribution in [3.63, 3.8) is 0 Å². The number of aromatic amines is 1. The summed E-state index contributed by atoms with van der Waals surface area (Å²) in [4.78, 5) is 11.2. The molecule has 0 fully saturated rings. The molecule has 6 nitrogen and oxygen atoms in total. The van der Waals surface area contributed by atoms with E-state index in [1.165, 1.54) is 6.33 Å². The Morgan fingerprint density at radius 1 is 1.44 bits per heavy atom. The first kappa shape index (κ1) is 11.0. The largest absolute Gasteiger partial charge is 0.479 e. The molecular weight excluding hydrogens is 228 g/mol. The highest BCUT2D eigenvalue weighted by Gasteiger charge is 2.10. The van der Waals surface area contributed by atoms with Crippen LogP contribution in [0.25, 0.3) is 11.2 Å². The molecule has 1 N–H and O–H groups in total. The molecule has 0 aliphatic heterocycles. The summed E-state index contributed by atoms with van der Waals surface area (Å²) in [6, 6.07) is 0. The summed E-state index contributed by atoms with van der Waals surface area (Å²) in [5, 5.41) is 0. The third-order valence-corrected chi connectivity index (χ3v) is 2.56. The third kappa shape index (κ3) is 1.79. The van der Waals surface area contributed by atoms with Crippen LogP contribution in [0.4, 0.5) is 0 Å². The van der Waals surface area contributed by atoms with Gasteiger partial charge in [-0.05, 0) is 12.2 Å². The molecule has 0 spiro atoms. The number of aromatic nitrogens is 4. The number of hydrogen-bond donors (Lipinski definition) is 1.